The van der Waals surface area contributed by atoms with Crippen LogP contribution in [0.3, 0.4) is 0 Å². The second-order valence-electron chi connectivity index (χ2n) is 9.84. The first-order valence-corrected chi connectivity index (χ1v) is 13.7. The Morgan fingerprint density at radius 1 is 0.974 bits per heavy atom. The average Bonchev–Trinajstić information content (AvgIpc) is 3.24. The van der Waals surface area contributed by atoms with E-state index in [4.69, 9.17) is 0 Å². The molecule has 2 aliphatic rings. The Kier molecular flexibility index (Phi) is 8.23. The summed E-state index contributed by atoms with van der Waals surface area (Å²) in [7, 11) is 0. The van der Waals surface area contributed by atoms with Crippen molar-refractivity contribution in [3.63, 3.8) is 0 Å². The van der Waals surface area contributed by atoms with Crippen LogP contribution in [0.4, 0.5) is 13.2 Å². The molecule has 0 atom stereocenters. The highest BCUT2D eigenvalue weighted by Crippen LogP contribution is 2.37. The molecule has 0 spiro atoms. The Morgan fingerprint density at radius 3 is 2.51 bits per heavy atom. The smallest absolute Gasteiger partial charge is 0.310 e. The molecule has 3 heterocycles. The standard InChI is InChI=1S/C29H27F3N4O2S/c30-29(31,32)23-6-2-1-5-22(23)28-19(4-3-12-34-28)17-35-20-9-7-18(8-10-20)14-26-33-13-11-21(36-26)15-25-24(37)16-27(38)39-25/h1-6,11-13,15,18,20,35H,7-10,14,16-17H2/b25-15-. The van der Waals surface area contributed by atoms with E-state index in [2.05, 4.69) is 20.3 Å². The number of halogens is 3. The van der Waals surface area contributed by atoms with Crippen molar-refractivity contribution in [1.82, 2.24) is 20.3 Å². The number of ketones is 1. The zero-order chi connectivity index (χ0) is 27.4. The Hall–Kier alpha value is -3.37. The van der Waals surface area contributed by atoms with E-state index in [1.54, 1.807) is 30.5 Å². The van der Waals surface area contributed by atoms with Crippen LogP contribution in [-0.2, 0) is 28.7 Å². The van der Waals surface area contributed by atoms with E-state index in [0.717, 1.165) is 55.5 Å². The van der Waals surface area contributed by atoms with Crippen LogP contribution in [0.15, 0.2) is 59.8 Å². The minimum Gasteiger partial charge on any atom is -0.310 e. The second-order valence-corrected chi connectivity index (χ2v) is 10.9. The summed E-state index contributed by atoms with van der Waals surface area (Å²) in [5.41, 5.74) is 1.11. The zero-order valence-electron chi connectivity index (χ0n) is 21.1. The molecule has 6 nitrogen and oxygen atoms in total. The van der Waals surface area contributed by atoms with E-state index in [1.165, 1.54) is 18.3 Å². The third-order valence-corrected chi connectivity index (χ3v) is 8.02. The van der Waals surface area contributed by atoms with Gasteiger partial charge in [-0.25, -0.2) is 9.97 Å². The first-order chi connectivity index (χ1) is 18.8. The number of alkyl halides is 3. The molecule has 1 aromatic carbocycles. The van der Waals surface area contributed by atoms with Gasteiger partial charge in [-0.05, 0) is 73.2 Å². The molecule has 1 N–H and O–H groups in total. The van der Waals surface area contributed by atoms with Gasteiger partial charge in [0.15, 0.2) is 5.78 Å². The van der Waals surface area contributed by atoms with Gasteiger partial charge in [0.1, 0.15) is 5.82 Å². The maximum atomic E-state index is 13.6. The van der Waals surface area contributed by atoms with Crippen LogP contribution in [0.25, 0.3) is 17.3 Å². The number of aromatic nitrogens is 3. The SMILES string of the molecule is O=C1CC(=O)/C(=C/c2ccnc(CC3CCC(NCc4cccnc4-c4ccccc4C(F)(F)F)CC3)n2)S1. The fourth-order valence-electron chi connectivity index (χ4n) is 5.12. The largest absolute Gasteiger partial charge is 0.417 e. The molecule has 0 amide bonds. The highest BCUT2D eigenvalue weighted by molar-refractivity contribution is 8.18. The number of Topliss-reactive ketones (excluding diaryl/α,β-unsaturated/α-hetero) is 1. The van der Waals surface area contributed by atoms with Gasteiger partial charge in [-0.3, -0.25) is 14.6 Å². The molecule has 5 rings (SSSR count). The highest BCUT2D eigenvalue weighted by atomic mass is 32.2. The summed E-state index contributed by atoms with van der Waals surface area (Å²) < 4.78 is 40.8. The van der Waals surface area contributed by atoms with Gasteiger partial charge in [0, 0.05) is 37.0 Å². The predicted octanol–water partition coefficient (Wildman–Crippen LogP) is 6.02. The van der Waals surface area contributed by atoms with Crippen molar-refractivity contribution >= 4 is 28.7 Å². The fourth-order valence-corrected chi connectivity index (χ4v) is 5.93. The lowest BCUT2D eigenvalue weighted by Gasteiger charge is -2.29. The lowest BCUT2D eigenvalue weighted by atomic mass is 9.84. The van der Waals surface area contributed by atoms with Crippen LogP contribution >= 0.6 is 11.8 Å². The van der Waals surface area contributed by atoms with Crippen LogP contribution in [0.2, 0.25) is 0 Å². The van der Waals surface area contributed by atoms with E-state index in [9.17, 15) is 22.8 Å². The molecule has 39 heavy (non-hydrogen) atoms. The molecule has 1 saturated carbocycles. The number of hydrogen-bond donors (Lipinski definition) is 1. The molecular formula is C29H27F3N4O2S. The number of benzene rings is 1. The van der Waals surface area contributed by atoms with E-state index >= 15 is 0 Å². The van der Waals surface area contributed by atoms with E-state index in [-0.39, 0.29) is 28.9 Å². The summed E-state index contributed by atoms with van der Waals surface area (Å²) in [4.78, 5) is 37.1. The summed E-state index contributed by atoms with van der Waals surface area (Å²) in [5, 5.41) is 3.38. The first kappa shape index (κ1) is 27.2. The van der Waals surface area contributed by atoms with Gasteiger partial charge in [-0.15, -0.1) is 0 Å². The zero-order valence-corrected chi connectivity index (χ0v) is 21.9. The van der Waals surface area contributed by atoms with Crippen molar-refractivity contribution < 1.29 is 22.8 Å². The Bertz CT molecular complexity index is 1400. The quantitative estimate of drug-likeness (QED) is 0.283. The van der Waals surface area contributed by atoms with Gasteiger partial charge >= 0.3 is 6.18 Å². The summed E-state index contributed by atoms with van der Waals surface area (Å²) in [6.07, 6.45) is 4.90. The number of carbonyl (C=O) groups excluding carboxylic acids is 2. The van der Waals surface area contributed by atoms with Gasteiger partial charge < -0.3 is 5.32 Å². The van der Waals surface area contributed by atoms with E-state index in [1.807, 2.05) is 6.07 Å². The number of thioether (sulfide) groups is 1. The number of carbonyl (C=O) groups is 2. The Balaban J connectivity index is 1.17. The van der Waals surface area contributed by atoms with Gasteiger partial charge in [0.2, 0.25) is 5.12 Å². The predicted molar refractivity (Wildman–Crippen MR) is 143 cm³/mol. The summed E-state index contributed by atoms with van der Waals surface area (Å²) in [6, 6.07) is 11.1. The number of nitrogens with zero attached hydrogens (tertiary/aromatic N) is 3. The third kappa shape index (κ3) is 6.80. The summed E-state index contributed by atoms with van der Waals surface area (Å²) in [6.45, 7) is 0.434. The molecule has 0 bridgehead atoms. The maximum Gasteiger partial charge on any atom is 0.417 e. The topological polar surface area (TPSA) is 84.8 Å². The molecule has 10 heteroatoms. The summed E-state index contributed by atoms with van der Waals surface area (Å²) in [5.74, 6) is 0.965. The van der Waals surface area contributed by atoms with Crippen molar-refractivity contribution in [2.75, 3.05) is 0 Å². The second kappa shape index (κ2) is 11.8. The van der Waals surface area contributed by atoms with E-state index < -0.39 is 11.7 Å². The fraction of sp³-hybridized carbons (Fsp3) is 0.345. The van der Waals surface area contributed by atoms with Crippen molar-refractivity contribution in [2.45, 2.75) is 57.3 Å². The molecule has 1 aliphatic heterocycles. The number of allylic oxidation sites excluding steroid dienone is 1. The van der Waals surface area contributed by atoms with Crippen LogP contribution < -0.4 is 5.32 Å². The molecule has 3 aromatic rings. The molecule has 0 unspecified atom stereocenters. The number of pyridine rings is 1. The highest BCUT2D eigenvalue weighted by Gasteiger charge is 2.34. The molecule has 202 valence electrons. The molecule has 2 fully saturated rings. The minimum atomic E-state index is -4.46. The lowest BCUT2D eigenvalue weighted by molar-refractivity contribution is -0.137. The molecule has 0 radical (unpaired) electrons. The van der Waals surface area contributed by atoms with Gasteiger partial charge in [-0.2, -0.15) is 13.2 Å². The number of rotatable bonds is 7. The minimum absolute atomic E-state index is 0.0608. The Labute approximate surface area is 228 Å². The first-order valence-electron chi connectivity index (χ1n) is 12.9. The van der Waals surface area contributed by atoms with Crippen molar-refractivity contribution in [2.24, 2.45) is 5.92 Å². The van der Waals surface area contributed by atoms with Crippen LogP contribution in [0.1, 0.15) is 54.7 Å². The average molecular weight is 553 g/mol. The van der Waals surface area contributed by atoms with Crippen molar-refractivity contribution in [3.05, 3.63) is 82.4 Å². The molecule has 1 aliphatic carbocycles. The van der Waals surface area contributed by atoms with E-state index in [0.29, 0.717) is 34.6 Å². The van der Waals surface area contributed by atoms with Gasteiger partial charge in [0.05, 0.1) is 28.3 Å². The van der Waals surface area contributed by atoms with Gasteiger partial charge in [-0.1, -0.05) is 24.3 Å². The molecule has 2 aromatic heterocycles. The molecule has 1 saturated heterocycles. The molecular weight excluding hydrogens is 525 g/mol. The van der Waals surface area contributed by atoms with Crippen LogP contribution in [-0.4, -0.2) is 31.9 Å². The summed E-state index contributed by atoms with van der Waals surface area (Å²) >= 11 is 0.966. The lowest BCUT2D eigenvalue weighted by Crippen LogP contribution is -2.33. The van der Waals surface area contributed by atoms with Gasteiger partial charge in [0.25, 0.3) is 0 Å². The monoisotopic (exact) mass is 552 g/mol. The normalized spacial score (nSPS) is 21.1. The Morgan fingerprint density at radius 2 is 1.77 bits per heavy atom. The van der Waals surface area contributed by atoms with Crippen LogP contribution in [0.5, 0.6) is 0 Å². The van der Waals surface area contributed by atoms with Crippen LogP contribution in [0, 0.1) is 5.92 Å². The van der Waals surface area contributed by atoms with Crippen molar-refractivity contribution in [3.8, 4) is 11.3 Å². The number of nitrogens with one attached hydrogen (secondary N) is 1. The third-order valence-electron chi connectivity index (χ3n) is 7.09. The van der Waals surface area contributed by atoms with Crippen molar-refractivity contribution in [1.29, 1.82) is 0 Å². The maximum absolute atomic E-state index is 13.6. The number of hydrogen-bond acceptors (Lipinski definition) is 7.